The van der Waals surface area contributed by atoms with E-state index >= 15 is 0 Å². The molecule has 1 aliphatic heterocycles. The van der Waals surface area contributed by atoms with Crippen LogP contribution in [0.1, 0.15) is 22.5 Å². The average Bonchev–Trinajstić information content (AvgIpc) is 3.31. The van der Waals surface area contributed by atoms with Crippen molar-refractivity contribution in [1.82, 2.24) is 14.9 Å². The zero-order valence-electron chi connectivity index (χ0n) is 16.3. The van der Waals surface area contributed by atoms with Crippen LogP contribution in [0, 0.1) is 18.6 Å². The summed E-state index contributed by atoms with van der Waals surface area (Å²) < 4.78 is 24.0. The lowest BCUT2D eigenvalue weighted by atomic mass is 10.1. The van der Waals surface area contributed by atoms with E-state index in [9.17, 15) is 0 Å². The van der Waals surface area contributed by atoms with Crippen LogP contribution >= 0.6 is 12.2 Å². The molecule has 8 nitrogen and oxygen atoms in total. The summed E-state index contributed by atoms with van der Waals surface area (Å²) >= 11 is 5.30. The number of aromatic amines is 1. The Kier molecular flexibility index (Phi) is 5.22. The lowest BCUT2D eigenvalue weighted by molar-refractivity contribution is 0.171. The highest BCUT2D eigenvalue weighted by molar-refractivity contribution is 7.71. The summed E-state index contributed by atoms with van der Waals surface area (Å²) in [6, 6.07) is 9.65. The number of nitrogens with zero attached hydrogens (tertiary/aromatic N) is 3. The second kappa shape index (κ2) is 7.96. The SMILES string of the molecule is COc1cc(/C=N\n2c(COc3ccc(C)cc3C)n[nH]c2=S)cc2c1OCO2. The summed E-state index contributed by atoms with van der Waals surface area (Å²) in [7, 11) is 1.58. The van der Waals surface area contributed by atoms with Gasteiger partial charge in [-0.1, -0.05) is 17.7 Å². The maximum Gasteiger partial charge on any atom is 0.231 e. The normalized spacial score (nSPS) is 12.5. The Labute approximate surface area is 172 Å². The lowest BCUT2D eigenvalue weighted by Crippen LogP contribution is -2.05. The summed E-state index contributed by atoms with van der Waals surface area (Å²) in [6.07, 6.45) is 1.65. The minimum Gasteiger partial charge on any atom is -0.493 e. The molecule has 1 N–H and O–H groups in total. The number of fused-ring (bicyclic) bond motifs is 1. The van der Waals surface area contributed by atoms with Gasteiger partial charge in [-0.3, -0.25) is 0 Å². The van der Waals surface area contributed by atoms with Crippen LogP contribution in [0.15, 0.2) is 35.4 Å². The molecule has 9 heteroatoms. The van der Waals surface area contributed by atoms with Gasteiger partial charge >= 0.3 is 0 Å². The number of hydrogen-bond donors (Lipinski definition) is 1. The van der Waals surface area contributed by atoms with Crippen molar-refractivity contribution in [2.45, 2.75) is 20.5 Å². The highest BCUT2D eigenvalue weighted by Crippen LogP contribution is 2.41. The first-order chi connectivity index (χ1) is 14.0. The molecule has 2 aromatic carbocycles. The number of hydrogen-bond acceptors (Lipinski definition) is 7. The van der Waals surface area contributed by atoms with E-state index in [1.807, 2.05) is 38.1 Å². The number of aromatic nitrogens is 3. The van der Waals surface area contributed by atoms with Crippen molar-refractivity contribution in [2.75, 3.05) is 13.9 Å². The summed E-state index contributed by atoms with van der Waals surface area (Å²) in [5, 5.41) is 11.4. The second-order valence-electron chi connectivity index (χ2n) is 6.52. The minimum atomic E-state index is 0.166. The van der Waals surface area contributed by atoms with Gasteiger partial charge in [-0.25, -0.2) is 5.10 Å². The van der Waals surface area contributed by atoms with Crippen LogP contribution in [0.4, 0.5) is 0 Å². The number of benzene rings is 2. The van der Waals surface area contributed by atoms with E-state index in [0.717, 1.165) is 16.9 Å². The van der Waals surface area contributed by atoms with Crippen LogP contribution in [-0.2, 0) is 6.61 Å². The van der Waals surface area contributed by atoms with Gasteiger partial charge in [0, 0.05) is 5.56 Å². The van der Waals surface area contributed by atoms with Gasteiger partial charge in [0.2, 0.25) is 17.3 Å². The molecule has 29 heavy (non-hydrogen) atoms. The molecule has 4 rings (SSSR count). The molecule has 2 heterocycles. The summed E-state index contributed by atoms with van der Waals surface area (Å²) in [5.74, 6) is 3.13. The van der Waals surface area contributed by atoms with Crippen LogP contribution in [0.3, 0.4) is 0 Å². The molecule has 0 bridgehead atoms. The Hall–Kier alpha value is -3.33. The highest BCUT2D eigenvalue weighted by Gasteiger charge is 2.19. The highest BCUT2D eigenvalue weighted by atomic mass is 32.1. The van der Waals surface area contributed by atoms with Gasteiger partial charge in [0.15, 0.2) is 17.3 Å². The van der Waals surface area contributed by atoms with Crippen LogP contribution in [0.2, 0.25) is 0 Å². The summed E-state index contributed by atoms with van der Waals surface area (Å²) in [6.45, 7) is 4.43. The number of nitrogens with one attached hydrogen (secondary N) is 1. The first-order valence-electron chi connectivity index (χ1n) is 8.93. The minimum absolute atomic E-state index is 0.166. The van der Waals surface area contributed by atoms with Crippen molar-refractivity contribution in [3.63, 3.8) is 0 Å². The molecule has 1 aliphatic rings. The zero-order chi connectivity index (χ0) is 20.4. The van der Waals surface area contributed by atoms with Gasteiger partial charge in [-0.2, -0.15) is 14.9 Å². The van der Waals surface area contributed by atoms with Gasteiger partial charge in [0.05, 0.1) is 13.3 Å². The van der Waals surface area contributed by atoms with Crippen LogP contribution in [-0.4, -0.2) is 35.0 Å². The maximum absolute atomic E-state index is 5.90. The van der Waals surface area contributed by atoms with Gasteiger partial charge < -0.3 is 18.9 Å². The second-order valence-corrected chi connectivity index (χ2v) is 6.90. The van der Waals surface area contributed by atoms with E-state index in [1.54, 1.807) is 13.3 Å². The molecule has 0 spiro atoms. The van der Waals surface area contributed by atoms with E-state index in [-0.39, 0.29) is 13.4 Å². The zero-order valence-corrected chi connectivity index (χ0v) is 17.1. The van der Waals surface area contributed by atoms with E-state index in [4.69, 9.17) is 31.2 Å². The molecular formula is C20H20N4O4S. The quantitative estimate of drug-likeness (QED) is 0.490. The smallest absolute Gasteiger partial charge is 0.231 e. The fourth-order valence-corrected chi connectivity index (χ4v) is 3.19. The predicted octanol–water partition coefficient (Wildman–Crippen LogP) is 3.76. The third kappa shape index (κ3) is 3.95. The molecule has 0 unspecified atom stereocenters. The van der Waals surface area contributed by atoms with E-state index in [0.29, 0.717) is 27.8 Å². The predicted molar refractivity (Wildman–Crippen MR) is 110 cm³/mol. The van der Waals surface area contributed by atoms with Crippen LogP contribution < -0.4 is 18.9 Å². The van der Waals surface area contributed by atoms with Crippen molar-refractivity contribution < 1.29 is 18.9 Å². The molecule has 0 amide bonds. The number of methoxy groups -OCH3 is 1. The Morgan fingerprint density at radius 1 is 1.24 bits per heavy atom. The van der Waals surface area contributed by atoms with E-state index < -0.39 is 0 Å². The molecule has 0 radical (unpaired) electrons. The van der Waals surface area contributed by atoms with Crippen molar-refractivity contribution in [2.24, 2.45) is 5.10 Å². The van der Waals surface area contributed by atoms with Crippen molar-refractivity contribution in [1.29, 1.82) is 0 Å². The summed E-state index contributed by atoms with van der Waals surface area (Å²) in [4.78, 5) is 0. The van der Waals surface area contributed by atoms with E-state index in [1.165, 1.54) is 10.2 Å². The number of aryl methyl sites for hydroxylation is 2. The van der Waals surface area contributed by atoms with Crippen molar-refractivity contribution in [3.05, 3.63) is 57.6 Å². The molecule has 150 valence electrons. The Morgan fingerprint density at radius 3 is 2.90 bits per heavy atom. The number of rotatable bonds is 6. The van der Waals surface area contributed by atoms with Gasteiger partial charge in [-0.15, -0.1) is 0 Å². The Morgan fingerprint density at radius 2 is 2.10 bits per heavy atom. The first kappa shape index (κ1) is 19.0. The van der Waals surface area contributed by atoms with Crippen molar-refractivity contribution in [3.8, 4) is 23.0 Å². The van der Waals surface area contributed by atoms with Crippen LogP contribution in [0.5, 0.6) is 23.0 Å². The molecule has 0 atom stereocenters. The lowest BCUT2D eigenvalue weighted by Gasteiger charge is -2.09. The number of H-pyrrole nitrogens is 1. The molecule has 0 fully saturated rings. The van der Waals surface area contributed by atoms with Crippen LogP contribution in [0.25, 0.3) is 0 Å². The van der Waals surface area contributed by atoms with Gasteiger partial charge in [-0.05, 0) is 49.8 Å². The molecule has 0 saturated heterocycles. The average molecular weight is 412 g/mol. The third-order valence-electron chi connectivity index (χ3n) is 4.41. The Balaban J connectivity index is 1.56. The molecular weight excluding hydrogens is 392 g/mol. The fraction of sp³-hybridized carbons (Fsp3) is 0.250. The van der Waals surface area contributed by atoms with Gasteiger partial charge in [0.1, 0.15) is 12.4 Å². The topological polar surface area (TPSA) is 82.9 Å². The standard InChI is InChI=1S/C20H20N4O4S/c1-12-4-5-15(13(2)6-12)26-10-18-22-23-20(29)24(18)21-9-14-7-16(25-3)19-17(8-14)27-11-28-19/h4-9H,10-11H2,1-3H3,(H,23,29)/b21-9-. The molecule has 0 saturated carbocycles. The first-order valence-corrected chi connectivity index (χ1v) is 9.34. The number of ether oxygens (including phenoxy) is 4. The van der Waals surface area contributed by atoms with Gasteiger partial charge in [0.25, 0.3) is 0 Å². The third-order valence-corrected chi connectivity index (χ3v) is 4.67. The Bertz CT molecular complexity index is 1140. The molecule has 3 aromatic rings. The largest absolute Gasteiger partial charge is 0.493 e. The monoisotopic (exact) mass is 412 g/mol. The van der Waals surface area contributed by atoms with Crippen molar-refractivity contribution >= 4 is 18.4 Å². The fourth-order valence-electron chi connectivity index (χ4n) is 2.99. The molecule has 1 aromatic heterocycles. The maximum atomic E-state index is 5.90. The van der Waals surface area contributed by atoms with E-state index in [2.05, 4.69) is 21.4 Å². The molecule has 0 aliphatic carbocycles. The summed E-state index contributed by atoms with van der Waals surface area (Å²) in [5.41, 5.74) is 3.01.